The minimum atomic E-state index is -1.10. The fourth-order valence-electron chi connectivity index (χ4n) is 4.73. The number of hydrogen-bond donors (Lipinski definition) is 1. The molecule has 1 N–H and O–H groups in total. The number of benzene rings is 4. The van der Waals surface area contributed by atoms with Gasteiger partial charge < -0.3 is 28.8 Å². The molecular formula is C34H36O6. The standard InChI is InChI=1S/C34H36O6/c1-25-13-11-12-20-29(25)39-34-31(35)33(38-23-28-18-9-4-10-19-28)32(37-22-27-16-7-3-8-17-27)30(40-34)24-36-21-26-14-5-2-6-15-26/h2-20,30-35H,21-24H2,1H3/t30-,31-,32-,33-,34-/m1/s1. The van der Waals surface area contributed by atoms with Crippen molar-refractivity contribution in [1.29, 1.82) is 0 Å². The number of aliphatic hydroxyl groups excluding tert-OH is 1. The van der Waals surface area contributed by atoms with Gasteiger partial charge in [0.25, 0.3) is 0 Å². The minimum absolute atomic E-state index is 0.236. The third-order valence-electron chi connectivity index (χ3n) is 6.92. The van der Waals surface area contributed by atoms with Gasteiger partial charge in [-0.15, -0.1) is 0 Å². The van der Waals surface area contributed by atoms with E-state index in [1.165, 1.54) is 0 Å². The molecule has 6 heteroatoms. The second kappa shape index (κ2) is 14.2. The van der Waals surface area contributed by atoms with Crippen LogP contribution in [-0.4, -0.2) is 42.4 Å². The van der Waals surface area contributed by atoms with Crippen molar-refractivity contribution in [2.24, 2.45) is 0 Å². The first-order chi connectivity index (χ1) is 19.7. The molecule has 6 nitrogen and oxygen atoms in total. The number of ether oxygens (including phenoxy) is 5. The van der Waals surface area contributed by atoms with Crippen molar-refractivity contribution in [3.63, 3.8) is 0 Å². The van der Waals surface area contributed by atoms with Crippen molar-refractivity contribution >= 4 is 0 Å². The number of aliphatic hydroxyl groups is 1. The first-order valence-corrected chi connectivity index (χ1v) is 13.7. The summed E-state index contributed by atoms with van der Waals surface area (Å²) in [7, 11) is 0. The molecule has 0 bridgehead atoms. The second-order valence-corrected chi connectivity index (χ2v) is 9.94. The summed E-state index contributed by atoms with van der Waals surface area (Å²) >= 11 is 0. The summed E-state index contributed by atoms with van der Waals surface area (Å²) in [6, 6.07) is 37.4. The van der Waals surface area contributed by atoms with Gasteiger partial charge in [-0.25, -0.2) is 0 Å². The number of para-hydroxylation sites is 1. The fraction of sp³-hybridized carbons (Fsp3) is 0.294. The molecule has 0 unspecified atom stereocenters. The molecule has 208 valence electrons. The van der Waals surface area contributed by atoms with Crippen molar-refractivity contribution in [1.82, 2.24) is 0 Å². The van der Waals surface area contributed by atoms with Crippen LogP contribution in [0.2, 0.25) is 0 Å². The zero-order valence-corrected chi connectivity index (χ0v) is 22.7. The van der Waals surface area contributed by atoms with E-state index in [2.05, 4.69) is 0 Å². The van der Waals surface area contributed by atoms with E-state index < -0.39 is 30.7 Å². The van der Waals surface area contributed by atoms with Crippen molar-refractivity contribution in [2.45, 2.75) is 57.5 Å². The highest BCUT2D eigenvalue weighted by Gasteiger charge is 2.48. The van der Waals surface area contributed by atoms with Crippen LogP contribution in [0.4, 0.5) is 0 Å². The van der Waals surface area contributed by atoms with Gasteiger partial charge in [-0.1, -0.05) is 109 Å². The topological polar surface area (TPSA) is 66.4 Å². The molecule has 4 aromatic carbocycles. The molecule has 0 radical (unpaired) electrons. The van der Waals surface area contributed by atoms with E-state index >= 15 is 0 Å². The maximum Gasteiger partial charge on any atom is 0.229 e. The Balaban J connectivity index is 1.38. The molecule has 0 amide bonds. The van der Waals surface area contributed by atoms with Crippen LogP contribution in [0.1, 0.15) is 22.3 Å². The molecule has 1 saturated heterocycles. The Labute approximate surface area is 236 Å². The zero-order valence-electron chi connectivity index (χ0n) is 22.7. The average molecular weight is 541 g/mol. The molecule has 5 atom stereocenters. The lowest BCUT2D eigenvalue weighted by atomic mass is 9.98. The molecule has 1 aliphatic heterocycles. The summed E-state index contributed by atoms with van der Waals surface area (Å²) in [4.78, 5) is 0. The maximum absolute atomic E-state index is 11.6. The van der Waals surface area contributed by atoms with Gasteiger partial charge in [-0.3, -0.25) is 0 Å². The van der Waals surface area contributed by atoms with Crippen LogP contribution in [-0.2, 0) is 38.8 Å². The molecule has 0 aliphatic carbocycles. The van der Waals surface area contributed by atoms with Crippen molar-refractivity contribution in [3.8, 4) is 5.75 Å². The Hall–Kier alpha value is -3.52. The quantitative estimate of drug-likeness (QED) is 0.243. The first kappa shape index (κ1) is 28.0. The van der Waals surface area contributed by atoms with E-state index in [1.54, 1.807) is 0 Å². The third kappa shape index (κ3) is 7.56. The highest BCUT2D eigenvalue weighted by atomic mass is 16.7. The fourth-order valence-corrected chi connectivity index (χ4v) is 4.73. The largest absolute Gasteiger partial charge is 0.462 e. The highest BCUT2D eigenvalue weighted by molar-refractivity contribution is 5.32. The second-order valence-electron chi connectivity index (χ2n) is 9.94. The van der Waals surface area contributed by atoms with Crippen molar-refractivity contribution < 1.29 is 28.8 Å². The van der Waals surface area contributed by atoms with Gasteiger partial charge in [-0.05, 0) is 35.2 Å². The summed E-state index contributed by atoms with van der Waals surface area (Å²) < 4.78 is 31.5. The van der Waals surface area contributed by atoms with Gasteiger partial charge >= 0.3 is 0 Å². The summed E-state index contributed by atoms with van der Waals surface area (Å²) in [6.07, 6.45) is -3.95. The van der Waals surface area contributed by atoms with Crippen LogP contribution in [0.15, 0.2) is 115 Å². The maximum atomic E-state index is 11.6. The Morgan fingerprint density at radius 2 is 1.12 bits per heavy atom. The van der Waals surface area contributed by atoms with Gasteiger partial charge in [0.05, 0.1) is 26.4 Å². The average Bonchev–Trinajstić information content (AvgIpc) is 3.00. The van der Waals surface area contributed by atoms with Crippen molar-refractivity contribution in [3.05, 3.63) is 138 Å². The van der Waals surface area contributed by atoms with E-state index in [0.29, 0.717) is 25.6 Å². The van der Waals surface area contributed by atoms with Gasteiger partial charge in [0.15, 0.2) is 0 Å². The Bertz CT molecular complexity index is 1280. The van der Waals surface area contributed by atoms with E-state index in [0.717, 1.165) is 22.3 Å². The molecule has 5 rings (SSSR count). The van der Waals surface area contributed by atoms with Gasteiger partial charge in [-0.2, -0.15) is 0 Å². The summed E-state index contributed by atoms with van der Waals surface area (Å²) in [5.74, 6) is 0.640. The molecule has 0 saturated carbocycles. The predicted molar refractivity (Wildman–Crippen MR) is 153 cm³/mol. The Morgan fingerprint density at radius 1 is 0.625 bits per heavy atom. The Kier molecular flexibility index (Phi) is 9.96. The molecule has 0 spiro atoms. The normalized spacial score (nSPS) is 22.6. The lowest BCUT2D eigenvalue weighted by Gasteiger charge is -2.44. The van der Waals surface area contributed by atoms with E-state index in [1.807, 2.05) is 122 Å². The molecule has 1 aliphatic rings. The molecular weight excluding hydrogens is 504 g/mol. The Morgan fingerprint density at radius 3 is 1.70 bits per heavy atom. The monoisotopic (exact) mass is 540 g/mol. The van der Waals surface area contributed by atoms with Gasteiger partial charge in [0.2, 0.25) is 6.29 Å². The molecule has 40 heavy (non-hydrogen) atoms. The van der Waals surface area contributed by atoms with Crippen LogP contribution in [0.3, 0.4) is 0 Å². The predicted octanol–water partition coefficient (Wildman–Crippen LogP) is 5.85. The van der Waals surface area contributed by atoms with E-state index in [-0.39, 0.29) is 6.61 Å². The van der Waals surface area contributed by atoms with Crippen LogP contribution in [0, 0.1) is 6.92 Å². The van der Waals surface area contributed by atoms with Crippen LogP contribution in [0.25, 0.3) is 0 Å². The first-order valence-electron chi connectivity index (χ1n) is 13.7. The SMILES string of the molecule is Cc1ccccc1O[C@@H]1O[C@H](COCc2ccccc2)[C@@H](OCc2ccccc2)[C@H](OCc2ccccc2)[C@H]1O. The summed E-state index contributed by atoms with van der Waals surface area (Å²) in [5.41, 5.74) is 4.02. The van der Waals surface area contributed by atoms with Gasteiger partial charge in [0, 0.05) is 0 Å². The molecule has 1 fully saturated rings. The molecule has 1 heterocycles. The molecule has 4 aromatic rings. The summed E-state index contributed by atoms with van der Waals surface area (Å²) in [6.45, 7) is 3.27. The van der Waals surface area contributed by atoms with Crippen LogP contribution >= 0.6 is 0 Å². The highest BCUT2D eigenvalue weighted by Crippen LogP contribution is 2.31. The lowest BCUT2D eigenvalue weighted by Crippen LogP contribution is -2.61. The summed E-state index contributed by atoms with van der Waals surface area (Å²) in [5, 5.41) is 11.6. The van der Waals surface area contributed by atoms with Gasteiger partial charge in [0.1, 0.15) is 30.2 Å². The number of aryl methyl sites for hydroxylation is 1. The van der Waals surface area contributed by atoms with E-state index in [4.69, 9.17) is 23.7 Å². The number of rotatable bonds is 12. The van der Waals surface area contributed by atoms with Crippen LogP contribution < -0.4 is 4.74 Å². The van der Waals surface area contributed by atoms with E-state index in [9.17, 15) is 5.11 Å². The smallest absolute Gasteiger partial charge is 0.229 e. The zero-order chi connectivity index (χ0) is 27.6. The number of hydrogen-bond acceptors (Lipinski definition) is 6. The minimum Gasteiger partial charge on any atom is -0.462 e. The van der Waals surface area contributed by atoms with Crippen molar-refractivity contribution in [2.75, 3.05) is 6.61 Å². The molecule has 0 aromatic heterocycles. The lowest BCUT2D eigenvalue weighted by molar-refractivity contribution is -0.299. The third-order valence-corrected chi connectivity index (χ3v) is 6.92. The van der Waals surface area contributed by atoms with Crippen LogP contribution in [0.5, 0.6) is 5.75 Å².